The standard InChI is InChI=1S/C18H21BrN4O3/c1-3-21(10-13-4-6-16(26-2)7-5-13)15-11-22(12-15)18-17(23(24)25)8-14(19)9-20-18/h4-9,15H,3,10-12H2,1-2H3. The minimum atomic E-state index is -0.380. The van der Waals surface area contributed by atoms with Crippen LogP contribution in [0.4, 0.5) is 11.5 Å². The number of rotatable bonds is 7. The van der Waals surface area contributed by atoms with Gasteiger partial charge in [0, 0.05) is 42.4 Å². The van der Waals surface area contributed by atoms with Crippen molar-refractivity contribution in [1.82, 2.24) is 9.88 Å². The van der Waals surface area contributed by atoms with Gasteiger partial charge < -0.3 is 9.64 Å². The van der Waals surface area contributed by atoms with Gasteiger partial charge in [-0.2, -0.15) is 0 Å². The van der Waals surface area contributed by atoms with E-state index in [-0.39, 0.29) is 10.6 Å². The molecule has 2 aromatic rings. The summed E-state index contributed by atoms with van der Waals surface area (Å²) in [6.45, 7) is 5.36. The zero-order valence-corrected chi connectivity index (χ0v) is 16.3. The molecule has 0 spiro atoms. The van der Waals surface area contributed by atoms with Crippen molar-refractivity contribution in [2.24, 2.45) is 0 Å². The number of pyridine rings is 1. The maximum atomic E-state index is 11.3. The lowest BCUT2D eigenvalue weighted by molar-refractivity contribution is -0.384. The molecular formula is C18H21BrN4O3. The van der Waals surface area contributed by atoms with Crippen molar-refractivity contribution in [3.05, 3.63) is 56.7 Å². The number of hydrogen-bond acceptors (Lipinski definition) is 6. The molecule has 0 amide bonds. The SMILES string of the molecule is CCN(Cc1ccc(OC)cc1)C1CN(c2ncc(Br)cc2[N+](=O)[O-])C1. The number of benzene rings is 1. The normalized spacial score (nSPS) is 14.4. The Labute approximate surface area is 160 Å². The van der Waals surface area contributed by atoms with Crippen molar-refractivity contribution in [1.29, 1.82) is 0 Å². The summed E-state index contributed by atoms with van der Waals surface area (Å²) < 4.78 is 5.81. The van der Waals surface area contributed by atoms with Gasteiger partial charge in [-0.1, -0.05) is 19.1 Å². The predicted molar refractivity (Wildman–Crippen MR) is 104 cm³/mol. The summed E-state index contributed by atoms with van der Waals surface area (Å²) in [6.07, 6.45) is 1.60. The van der Waals surface area contributed by atoms with Gasteiger partial charge in [-0.15, -0.1) is 0 Å². The van der Waals surface area contributed by atoms with Crippen LogP contribution in [0.1, 0.15) is 12.5 Å². The third-order valence-electron chi connectivity index (χ3n) is 4.64. The Morgan fingerprint density at radius 1 is 1.38 bits per heavy atom. The van der Waals surface area contributed by atoms with Crippen LogP contribution in [0.2, 0.25) is 0 Å². The number of anilines is 1. The van der Waals surface area contributed by atoms with Crippen LogP contribution in [0.15, 0.2) is 41.0 Å². The van der Waals surface area contributed by atoms with Crippen molar-refractivity contribution in [3.63, 3.8) is 0 Å². The van der Waals surface area contributed by atoms with Crippen LogP contribution >= 0.6 is 15.9 Å². The van der Waals surface area contributed by atoms with E-state index in [2.05, 4.69) is 44.9 Å². The highest BCUT2D eigenvalue weighted by Gasteiger charge is 2.35. The first-order valence-electron chi connectivity index (χ1n) is 8.43. The summed E-state index contributed by atoms with van der Waals surface area (Å²) in [7, 11) is 1.66. The first kappa shape index (κ1) is 18.6. The predicted octanol–water partition coefficient (Wildman–Crippen LogP) is 3.47. The molecule has 0 atom stereocenters. The van der Waals surface area contributed by atoms with Gasteiger partial charge >= 0.3 is 5.69 Å². The Morgan fingerprint density at radius 3 is 2.65 bits per heavy atom. The summed E-state index contributed by atoms with van der Waals surface area (Å²) in [5.41, 5.74) is 1.26. The minimum absolute atomic E-state index is 0.0380. The molecule has 0 radical (unpaired) electrons. The van der Waals surface area contributed by atoms with E-state index >= 15 is 0 Å². The highest BCUT2D eigenvalue weighted by molar-refractivity contribution is 9.10. The molecule has 1 fully saturated rings. The molecule has 0 bridgehead atoms. The van der Waals surface area contributed by atoms with E-state index < -0.39 is 0 Å². The summed E-state index contributed by atoms with van der Waals surface area (Å²) in [4.78, 5) is 19.5. The molecule has 0 N–H and O–H groups in total. The molecule has 1 aliphatic rings. The molecule has 26 heavy (non-hydrogen) atoms. The molecule has 0 aliphatic carbocycles. The van der Waals surface area contributed by atoms with Crippen LogP contribution in [-0.4, -0.2) is 47.6 Å². The second-order valence-electron chi connectivity index (χ2n) is 6.22. The smallest absolute Gasteiger partial charge is 0.312 e. The summed E-state index contributed by atoms with van der Waals surface area (Å²) in [5, 5.41) is 11.3. The Kier molecular flexibility index (Phi) is 5.73. The second-order valence-corrected chi connectivity index (χ2v) is 7.14. The zero-order chi connectivity index (χ0) is 18.7. The van der Waals surface area contributed by atoms with E-state index in [9.17, 15) is 10.1 Å². The lowest BCUT2D eigenvalue weighted by Crippen LogP contribution is -2.59. The molecule has 0 unspecified atom stereocenters. The Balaban J connectivity index is 1.65. The lowest BCUT2D eigenvalue weighted by Gasteiger charge is -2.45. The van der Waals surface area contributed by atoms with Gasteiger partial charge in [-0.25, -0.2) is 4.98 Å². The van der Waals surface area contributed by atoms with Crippen molar-refractivity contribution >= 4 is 27.4 Å². The Morgan fingerprint density at radius 2 is 2.08 bits per heavy atom. The van der Waals surface area contributed by atoms with Gasteiger partial charge in [0.25, 0.3) is 0 Å². The van der Waals surface area contributed by atoms with Gasteiger partial charge in [0.15, 0.2) is 0 Å². The van der Waals surface area contributed by atoms with Crippen LogP contribution in [0.5, 0.6) is 5.75 Å². The van der Waals surface area contributed by atoms with Gasteiger partial charge in [-0.3, -0.25) is 15.0 Å². The highest BCUT2D eigenvalue weighted by atomic mass is 79.9. The molecule has 1 aromatic heterocycles. The molecule has 1 aromatic carbocycles. The number of ether oxygens (including phenoxy) is 1. The monoisotopic (exact) mass is 420 g/mol. The number of aromatic nitrogens is 1. The van der Waals surface area contributed by atoms with E-state index in [0.717, 1.165) is 31.9 Å². The highest BCUT2D eigenvalue weighted by Crippen LogP contribution is 2.32. The maximum Gasteiger partial charge on any atom is 0.312 e. The first-order valence-corrected chi connectivity index (χ1v) is 9.23. The topological polar surface area (TPSA) is 71.7 Å². The molecule has 0 saturated carbocycles. The number of hydrogen-bond donors (Lipinski definition) is 0. The average molecular weight is 421 g/mol. The fourth-order valence-corrected chi connectivity index (χ4v) is 3.44. The average Bonchev–Trinajstić information content (AvgIpc) is 2.61. The largest absolute Gasteiger partial charge is 0.497 e. The Hall–Kier alpha value is -2.19. The van der Waals surface area contributed by atoms with Crippen LogP contribution in [0, 0.1) is 10.1 Å². The zero-order valence-electron chi connectivity index (χ0n) is 14.8. The first-order chi connectivity index (χ1) is 12.5. The maximum absolute atomic E-state index is 11.3. The molecule has 7 nitrogen and oxygen atoms in total. The number of nitro groups is 1. The third-order valence-corrected chi connectivity index (χ3v) is 5.07. The van der Waals surface area contributed by atoms with Crippen LogP contribution in [0.25, 0.3) is 0 Å². The van der Waals surface area contributed by atoms with E-state index in [0.29, 0.717) is 16.3 Å². The van der Waals surface area contributed by atoms with E-state index in [4.69, 9.17) is 4.74 Å². The van der Waals surface area contributed by atoms with Gasteiger partial charge in [-0.05, 0) is 40.2 Å². The van der Waals surface area contributed by atoms with Crippen LogP contribution in [0.3, 0.4) is 0 Å². The summed E-state index contributed by atoms with van der Waals surface area (Å²) in [6, 6.07) is 9.92. The molecule has 1 saturated heterocycles. The summed E-state index contributed by atoms with van der Waals surface area (Å²) in [5.74, 6) is 1.29. The van der Waals surface area contributed by atoms with Crippen molar-refractivity contribution in [2.75, 3.05) is 31.6 Å². The van der Waals surface area contributed by atoms with Crippen molar-refractivity contribution < 1.29 is 9.66 Å². The lowest BCUT2D eigenvalue weighted by atomic mass is 10.1. The molecular weight excluding hydrogens is 400 g/mol. The number of halogens is 1. The quantitative estimate of drug-likeness (QED) is 0.504. The number of methoxy groups -OCH3 is 1. The fraction of sp³-hybridized carbons (Fsp3) is 0.389. The fourth-order valence-electron chi connectivity index (χ4n) is 3.12. The van der Waals surface area contributed by atoms with Crippen molar-refractivity contribution in [3.8, 4) is 5.75 Å². The van der Waals surface area contributed by atoms with Crippen LogP contribution in [-0.2, 0) is 6.54 Å². The Bertz CT molecular complexity index is 779. The van der Waals surface area contributed by atoms with Crippen LogP contribution < -0.4 is 9.64 Å². The van der Waals surface area contributed by atoms with Gasteiger partial charge in [0.1, 0.15) is 5.75 Å². The van der Waals surface area contributed by atoms with E-state index in [1.54, 1.807) is 13.3 Å². The van der Waals surface area contributed by atoms with Crippen molar-refractivity contribution in [2.45, 2.75) is 19.5 Å². The van der Waals surface area contributed by atoms with E-state index in [1.165, 1.54) is 11.6 Å². The molecule has 3 rings (SSSR count). The molecule has 138 valence electrons. The third kappa shape index (κ3) is 3.96. The number of nitrogens with zero attached hydrogens (tertiary/aromatic N) is 4. The van der Waals surface area contributed by atoms with E-state index in [1.807, 2.05) is 17.0 Å². The molecule has 8 heteroatoms. The van der Waals surface area contributed by atoms with Gasteiger partial charge in [0.2, 0.25) is 5.82 Å². The molecule has 1 aliphatic heterocycles. The van der Waals surface area contributed by atoms with Gasteiger partial charge in [0.05, 0.1) is 12.0 Å². The minimum Gasteiger partial charge on any atom is -0.497 e. The summed E-state index contributed by atoms with van der Waals surface area (Å²) >= 11 is 3.24. The molecule has 2 heterocycles. The number of likely N-dealkylation sites (N-methyl/N-ethyl adjacent to an activating group) is 1. The second kappa shape index (κ2) is 8.01.